The summed E-state index contributed by atoms with van der Waals surface area (Å²) in [4.78, 5) is 35.2. The second-order valence-corrected chi connectivity index (χ2v) is 7.20. The fourth-order valence-corrected chi connectivity index (χ4v) is 3.49. The van der Waals surface area contributed by atoms with E-state index in [1.54, 1.807) is 12.1 Å². The Morgan fingerprint density at radius 3 is 2.45 bits per heavy atom. The van der Waals surface area contributed by atoms with Crippen LogP contribution in [0.1, 0.15) is 30.4 Å². The number of halogens is 2. The third kappa shape index (κ3) is 4.41. The molecule has 0 bridgehead atoms. The van der Waals surface area contributed by atoms with Crippen molar-refractivity contribution in [2.75, 3.05) is 0 Å². The fraction of sp³-hybridized carbons (Fsp3) is 0.200. The van der Waals surface area contributed by atoms with E-state index in [1.165, 1.54) is 24.3 Å². The average Bonchev–Trinajstić information content (AvgIpc) is 2.66. The van der Waals surface area contributed by atoms with Crippen LogP contribution in [0.5, 0.6) is 5.75 Å². The number of carbonyl (C=O) groups excluding carboxylic acids is 2. The van der Waals surface area contributed by atoms with E-state index in [1.807, 2.05) is 0 Å². The standard InChI is InChI=1S/C20H15Cl2NO6/c21-12-8-7-11(14(22)9-12)10-29-17-6-1-3-13(19(17)23(27)28)20(26)18-15(24)4-2-5-16(18)25/h1,3,6-9,26H,2,4-5,10H2. The number of allylic oxidation sites excluding steroid dienone is 1. The largest absolute Gasteiger partial charge is 0.506 e. The molecule has 2 aromatic rings. The minimum Gasteiger partial charge on any atom is -0.506 e. The van der Waals surface area contributed by atoms with Crippen LogP contribution >= 0.6 is 23.2 Å². The molecule has 0 radical (unpaired) electrons. The molecule has 3 rings (SSSR count). The van der Waals surface area contributed by atoms with Crippen LogP contribution in [0.15, 0.2) is 42.0 Å². The lowest BCUT2D eigenvalue weighted by Gasteiger charge is -2.15. The molecule has 1 saturated carbocycles. The molecule has 0 spiro atoms. The maximum atomic E-state index is 12.1. The summed E-state index contributed by atoms with van der Waals surface area (Å²) in [5, 5.41) is 23.0. The van der Waals surface area contributed by atoms with Gasteiger partial charge in [-0.2, -0.15) is 0 Å². The van der Waals surface area contributed by atoms with E-state index in [-0.39, 0.29) is 30.8 Å². The van der Waals surface area contributed by atoms with E-state index in [0.717, 1.165) is 0 Å². The predicted octanol–water partition coefficient (Wildman–Crippen LogP) is 5.07. The first-order chi connectivity index (χ1) is 13.8. The Kier molecular flexibility index (Phi) is 6.20. The summed E-state index contributed by atoms with van der Waals surface area (Å²) in [6.07, 6.45) is 0.593. The highest BCUT2D eigenvalue weighted by molar-refractivity contribution is 6.35. The second-order valence-electron chi connectivity index (χ2n) is 6.36. The summed E-state index contributed by atoms with van der Waals surface area (Å²) in [5.74, 6) is -1.91. The van der Waals surface area contributed by atoms with Gasteiger partial charge in [0.05, 0.1) is 10.5 Å². The monoisotopic (exact) mass is 435 g/mol. The van der Waals surface area contributed by atoms with Crippen molar-refractivity contribution in [2.24, 2.45) is 0 Å². The number of hydrogen-bond acceptors (Lipinski definition) is 6. The molecule has 0 aromatic heterocycles. The predicted molar refractivity (Wildman–Crippen MR) is 107 cm³/mol. The lowest BCUT2D eigenvalue weighted by atomic mass is 9.89. The number of carbonyl (C=O) groups is 2. The molecule has 1 aliphatic carbocycles. The van der Waals surface area contributed by atoms with Crippen LogP contribution in [-0.2, 0) is 16.2 Å². The Bertz CT molecular complexity index is 1030. The second kappa shape index (κ2) is 8.63. The van der Waals surface area contributed by atoms with Crippen LogP contribution in [0.25, 0.3) is 5.76 Å². The van der Waals surface area contributed by atoms with Gasteiger partial charge in [0.15, 0.2) is 17.3 Å². The fourth-order valence-electron chi connectivity index (χ4n) is 3.03. The molecule has 0 atom stereocenters. The Morgan fingerprint density at radius 2 is 1.83 bits per heavy atom. The van der Waals surface area contributed by atoms with Crippen LogP contribution in [0.3, 0.4) is 0 Å². The number of aliphatic hydroxyl groups excluding tert-OH is 1. The van der Waals surface area contributed by atoms with Crippen LogP contribution in [0, 0.1) is 10.1 Å². The van der Waals surface area contributed by atoms with E-state index in [4.69, 9.17) is 27.9 Å². The number of Topliss-reactive ketones (excluding diaryl/α,β-unsaturated/α-hetero) is 2. The van der Waals surface area contributed by atoms with E-state index < -0.39 is 33.5 Å². The number of ketones is 2. The SMILES string of the molecule is O=C1CCCC(=O)C1=C(O)c1cccc(OCc2ccc(Cl)cc2Cl)c1[N+](=O)[O-]. The van der Waals surface area contributed by atoms with Crippen LogP contribution in [0.2, 0.25) is 10.0 Å². The number of aliphatic hydroxyl groups is 1. The Balaban J connectivity index is 2.01. The van der Waals surface area contributed by atoms with Gasteiger partial charge in [-0.05, 0) is 30.7 Å². The smallest absolute Gasteiger partial charge is 0.321 e. The van der Waals surface area contributed by atoms with Crippen molar-refractivity contribution in [1.82, 2.24) is 0 Å². The Hall–Kier alpha value is -2.90. The van der Waals surface area contributed by atoms with Crippen molar-refractivity contribution in [2.45, 2.75) is 25.9 Å². The van der Waals surface area contributed by atoms with Gasteiger partial charge < -0.3 is 9.84 Å². The maximum Gasteiger partial charge on any atom is 0.321 e. The van der Waals surface area contributed by atoms with Gasteiger partial charge in [0.25, 0.3) is 0 Å². The number of nitro groups is 1. The molecular weight excluding hydrogens is 421 g/mol. The quantitative estimate of drug-likeness (QED) is 0.231. The molecule has 1 N–H and O–H groups in total. The molecule has 0 aliphatic heterocycles. The first kappa shape index (κ1) is 20.8. The number of nitrogens with zero attached hydrogens (tertiary/aromatic N) is 1. The third-order valence-corrected chi connectivity index (χ3v) is 5.02. The Morgan fingerprint density at radius 1 is 1.14 bits per heavy atom. The summed E-state index contributed by atoms with van der Waals surface area (Å²) in [7, 11) is 0. The van der Waals surface area contributed by atoms with Gasteiger partial charge in [-0.3, -0.25) is 19.7 Å². The van der Waals surface area contributed by atoms with Gasteiger partial charge in [-0.15, -0.1) is 0 Å². The highest BCUT2D eigenvalue weighted by Gasteiger charge is 2.32. The highest BCUT2D eigenvalue weighted by Crippen LogP contribution is 2.37. The number of nitro benzene ring substituents is 1. The van der Waals surface area contributed by atoms with Gasteiger partial charge >= 0.3 is 5.69 Å². The normalized spacial score (nSPS) is 14.1. The molecule has 1 aliphatic rings. The summed E-state index contributed by atoms with van der Waals surface area (Å²) >= 11 is 11.9. The van der Waals surface area contributed by atoms with Crippen LogP contribution in [-0.4, -0.2) is 21.6 Å². The zero-order chi connectivity index (χ0) is 21.1. The van der Waals surface area contributed by atoms with E-state index in [2.05, 4.69) is 0 Å². The topological polar surface area (TPSA) is 107 Å². The molecule has 0 amide bonds. The van der Waals surface area contributed by atoms with E-state index in [9.17, 15) is 24.8 Å². The number of ether oxygens (including phenoxy) is 1. The van der Waals surface area contributed by atoms with E-state index >= 15 is 0 Å². The van der Waals surface area contributed by atoms with Crippen molar-refractivity contribution in [3.63, 3.8) is 0 Å². The summed E-state index contributed by atoms with van der Waals surface area (Å²) < 4.78 is 5.56. The summed E-state index contributed by atoms with van der Waals surface area (Å²) in [5.41, 5.74) is -0.657. The minimum atomic E-state index is -0.733. The lowest BCUT2D eigenvalue weighted by Crippen LogP contribution is -2.20. The molecule has 7 nitrogen and oxygen atoms in total. The molecule has 0 heterocycles. The summed E-state index contributed by atoms with van der Waals surface area (Å²) in [6.45, 7) is -0.0878. The van der Waals surface area contributed by atoms with Crippen LogP contribution < -0.4 is 4.74 Å². The molecule has 29 heavy (non-hydrogen) atoms. The molecule has 150 valence electrons. The molecular formula is C20H15Cl2NO6. The lowest BCUT2D eigenvalue weighted by molar-refractivity contribution is -0.386. The maximum absolute atomic E-state index is 12.1. The van der Waals surface area contributed by atoms with E-state index in [0.29, 0.717) is 22.0 Å². The van der Waals surface area contributed by atoms with Crippen molar-refractivity contribution in [3.8, 4) is 5.75 Å². The first-order valence-electron chi connectivity index (χ1n) is 8.63. The van der Waals surface area contributed by atoms with Crippen LogP contribution in [0.4, 0.5) is 5.69 Å². The number of hydrogen-bond donors (Lipinski definition) is 1. The molecule has 9 heteroatoms. The zero-order valence-electron chi connectivity index (χ0n) is 15.0. The molecule has 1 fully saturated rings. The van der Waals surface area contributed by atoms with Gasteiger partial charge in [0.2, 0.25) is 0 Å². The Labute approximate surface area is 175 Å². The number of benzene rings is 2. The van der Waals surface area contributed by atoms with Gasteiger partial charge in [-0.1, -0.05) is 35.3 Å². The first-order valence-corrected chi connectivity index (χ1v) is 9.39. The van der Waals surface area contributed by atoms with Crippen molar-refractivity contribution >= 4 is 46.2 Å². The minimum absolute atomic E-state index is 0.0878. The van der Waals surface area contributed by atoms with Gasteiger partial charge in [0.1, 0.15) is 17.9 Å². The van der Waals surface area contributed by atoms with Gasteiger partial charge in [-0.25, -0.2) is 0 Å². The summed E-state index contributed by atoms with van der Waals surface area (Å²) in [6, 6.07) is 8.79. The van der Waals surface area contributed by atoms with Crippen molar-refractivity contribution < 1.29 is 24.4 Å². The molecule has 0 saturated heterocycles. The molecule has 2 aromatic carbocycles. The highest BCUT2D eigenvalue weighted by atomic mass is 35.5. The average molecular weight is 436 g/mol. The zero-order valence-corrected chi connectivity index (χ0v) is 16.5. The molecule has 0 unspecified atom stereocenters. The van der Waals surface area contributed by atoms with Gasteiger partial charge in [0, 0.05) is 28.5 Å². The van der Waals surface area contributed by atoms with Crippen molar-refractivity contribution in [3.05, 3.63) is 73.3 Å². The third-order valence-electron chi connectivity index (χ3n) is 4.44. The van der Waals surface area contributed by atoms with Crippen molar-refractivity contribution in [1.29, 1.82) is 0 Å². The number of rotatable bonds is 5. The number of para-hydroxylation sites is 1.